The maximum atomic E-state index is 12.9. The van der Waals surface area contributed by atoms with Gasteiger partial charge in [-0.15, -0.1) is 0 Å². The lowest BCUT2D eigenvalue weighted by Crippen LogP contribution is -2.52. The largest absolute Gasteiger partial charge is 0.352 e. The molecule has 0 radical (unpaired) electrons. The van der Waals surface area contributed by atoms with Crippen molar-refractivity contribution in [3.05, 3.63) is 29.3 Å². The van der Waals surface area contributed by atoms with E-state index in [1.807, 2.05) is 19.9 Å². The lowest BCUT2D eigenvalue weighted by Gasteiger charge is -2.34. The van der Waals surface area contributed by atoms with Crippen LogP contribution >= 0.6 is 0 Å². The van der Waals surface area contributed by atoms with Crippen LogP contribution in [-0.4, -0.2) is 86.7 Å². The third kappa shape index (κ3) is 5.55. The van der Waals surface area contributed by atoms with Crippen molar-refractivity contribution in [2.45, 2.75) is 37.6 Å². The number of likely N-dealkylation sites (N-methyl/N-ethyl adjacent to an activating group) is 1. The molecule has 9 heteroatoms. The number of hydrogen-bond acceptors (Lipinski definition) is 5. The van der Waals surface area contributed by atoms with E-state index in [4.69, 9.17) is 0 Å². The summed E-state index contributed by atoms with van der Waals surface area (Å²) >= 11 is 0. The van der Waals surface area contributed by atoms with Crippen molar-refractivity contribution in [3.8, 4) is 0 Å². The SMILES string of the molecule is Cc1ccc(S(=O)(=O)N2CCN(C(=O)CN(C)CC(=O)NC3CC3)CC2)cc1C. The molecule has 1 heterocycles. The van der Waals surface area contributed by atoms with Crippen LogP contribution in [0.4, 0.5) is 0 Å². The van der Waals surface area contributed by atoms with Gasteiger partial charge in [0.2, 0.25) is 21.8 Å². The van der Waals surface area contributed by atoms with Gasteiger partial charge in [-0.05, 0) is 57.0 Å². The van der Waals surface area contributed by atoms with E-state index in [1.165, 1.54) is 4.31 Å². The van der Waals surface area contributed by atoms with E-state index in [0.29, 0.717) is 24.0 Å². The highest BCUT2D eigenvalue weighted by molar-refractivity contribution is 7.89. The first-order valence-corrected chi connectivity index (χ1v) is 11.4. The molecule has 1 saturated carbocycles. The molecule has 0 aromatic heterocycles. The van der Waals surface area contributed by atoms with Gasteiger partial charge in [0.15, 0.2) is 0 Å². The number of nitrogens with zero attached hydrogens (tertiary/aromatic N) is 3. The molecule has 2 fully saturated rings. The van der Waals surface area contributed by atoms with Crippen LogP contribution < -0.4 is 5.32 Å². The zero-order valence-electron chi connectivity index (χ0n) is 17.3. The minimum atomic E-state index is -3.56. The number of benzene rings is 1. The Bertz CT molecular complexity index is 874. The van der Waals surface area contributed by atoms with Crippen LogP contribution in [0.25, 0.3) is 0 Å². The summed E-state index contributed by atoms with van der Waals surface area (Å²) < 4.78 is 27.2. The van der Waals surface area contributed by atoms with Crippen LogP contribution in [0.2, 0.25) is 0 Å². The molecule has 2 aliphatic rings. The van der Waals surface area contributed by atoms with Gasteiger partial charge in [-0.1, -0.05) is 6.07 Å². The lowest BCUT2D eigenvalue weighted by atomic mass is 10.1. The van der Waals surface area contributed by atoms with Gasteiger partial charge in [0.25, 0.3) is 0 Å². The van der Waals surface area contributed by atoms with Crippen molar-refractivity contribution in [3.63, 3.8) is 0 Å². The molecule has 8 nitrogen and oxygen atoms in total. The van der Waals surface area contributed by atoms with Gasteiger partial charge in [0, 0.05) is 32.2 Å². The fourth-order valence-corrected chi connectivity index (χ4v) is 4.84. The van der Waals surface area contributed by atoms with Gasteiger partial charge in [-0.3, -0.25) is 14.5 Å². The molecule has 1 aromatic carbocycles. The van der Waals surface area contributed by atoms with Crippen molar-refractivity contribution in [1.82, 2.24) is 19.4 Å². The highest BCUT2D eigenvalue weighted by atomic mass is 32.2. The monoisotopic (exact) mass is 422 g/mol. The van der Waals surface area contributed by atoms with Gasteiger partial charge in [0.05, 0.1) is 18.0 Å². The molecule has 2 amide bonds. The van der Waals surface area contributed by atoms with Crippen LogP contribution in [0.5, 0.6) is 0 Å². The number of hydrogen-bond donors (Lipinski definition) is 1. The predicted molar refractivity (Wildman–Crippen MR) is 110 cm³/mol. The van der Waals surface area contributed by atoms with Crippen molar-refractivity contribution < 1.29 is 18.0 Å². The molecule has 160 valence electrons. The van der Waals surface area contributed by atoms with Gasteiger partial charge < -0.3 is 10.2 Å². The second-order valence-electron chi connectivity index (χ2n) is 8.05. The summed E-state index contributed by atoms with van der Waals surface area (Å²) in [7, 11) is -1.82. The maximum Gasteiger partial charge on any atom is 0.243 e. The zero-order chi connectivity index (χ0) is 21.2. The Kier molecular flexibility index (Phi) is 6.60. The third-order valence-corrected chi connectivity index (χ3v) is 7.36. The van der Waals surface area contributed by atoms with Crippen molar-refractivity contribution in [1.29, 1.82) is 0 Å². The molecule has 1 aromatic rings. The normalized spacial score (nSPS) is 18.1. The number of carbonyl (C=O) groups is 2. The number of aryl methyl sites for hydroxylation is 2. The first-order valence-electron chi connectivity index (χ1n) is 10.00. The van der Waals surface area contributed by atoms with Crippen LogP contribution in [-0.2, 0) is 19.6 Å². The summed E-state index contributed by atoms with van der Waals surface area (Å²) in [6.07, 6.45) is 2.06. The first-order chi connectivity index (χ1) is 13.7. The number of amides is 2. The lowest BCUT2D eigenvalue weighted by molar-refractivity contribution is -0.133. The molecule has 29 heavy (non-hydrogen) atoms. The molecule has 3 rings (SSSR count). The van der Waals surface area contributed by atoms with E-state index < -0.39 is 10.0 Å². The smallest absolute Gasteiger partial charge is 0.243 e. The van der Waals surface area contributed by atoms with E-state index in [0.717, 1.165) is 24.0 Å². The molecule has 0 spiro atoms. The van der Waals surface area contributed by atoms with Crippen molar-refractivity contribution in [2.75, 3.05) is 46.3 Å². The molecule has 0 unspecified atom stereocenters. The second kappa shape index (κ2) is 8.81. The van der Waals surface area contributed by atoms with Crippen LogP contribution in [0.3, 0.4) is 0 Å². The zero-order valence-corrected chi connectivity index (χ0v) is 18.2. The summed E-state index contributed by atoms with van der Waals surface area (Å²) in [6.45, 7) is 5.41. The van der Waals surface area contributed by atoms with Crippen LogP contribution in [0.1, 0.15) is 24.0 Å². The number of nitrogens with one attached hydrogen (secondary N) is 1. The fourth-order valence-electron chi connectivity index (χ4n) is 3.33. The van der Waals surface area contributed by atoms with E-state index in [9.17, 15) is 18.0 Å². The quantitative estimate of drug-likeness (QED) is 0.685. The Hall–Kier alpha value is -1.97. The fraction of sp³-hybridized carbons (Fsp3) is 0.600. The van der Waals surface area contributed by atoms with Crippen LogP contribution in [0.15, 0.2) is 23.1 Å². The first kappa shape index (κ1) is 21.7. The number of piperazine rings is 1. The number of rotatable bonds is 7. The Morgan fingerprint density at radius 3 is 2.31 bits per heavy atom. The Labute approximate surface area is 172 Å². The van der Waals surface area contributed by atoms with E-state index in [-0.39, 0.29) is 38.0 Å². The van der Waals surface area contributed by atoms with Crippen molar-refractivity contribution >= 4 is 21.8 Å². The molecule has 0 bridgehead atoms. The van der Waals surface area contributed by atoms with E-state index >= 15 is 0 Å². The van der Waals surface area contributed by atoms with Crippen LogP contribution in [0, 0.1) is 13.8 Å². The standard InChI is InChI=1S/C20H30N4O4S/c1-15-4-7-18(12-16(15)2)29(27,28)24-10-8-23(9-11-24)20(26)14-22(3)13-19(25)21-17-5-6-17/h4,7,12,17H,5-6,8-11,13-14H2,1-3H3,(H,21,25). The topological polar surface area (TPSA) is 90.0 Å². The molecular weight excluding hydrogens is 392 g/mol. The minimum Gasteiger partial charge on any atom is -0.352 e. The van der Waals surface area contributed by atoms with E-state index in [1.54, 1.807) is 29.0 Å². The summed E-state index contributed by atoms with van der Waals surface area (Å²) in [5.41, 5.74) is 1.99. The molecule has 1 saturated heterocycles. The molecule has 1 N–H and O–H groups in total. The van der Waals surface area contributed by atoms with Gasteiger partial charge >= 0.3 is 0 Å². The molecule has 1 aliphatic heterocycles. The van der Waals surface area contributed by atoms with E-state index in [2.05, 4.69) is 5.32 Å². The minimum absolute atomic E-state index is 0.0629. The third-order valence-electron chi connectivity index (χ3n) is 5.47. The Morgan fingerprint density at radius 2 is 1.72 bits per heavy atom. The Morgan fingerprint density at radius 1 is 1.07 bits per heavy atom. The predicted octanol–water partition coefficient (Wildman–Crippen LogP) is 0.347. The highest BCUT2D eigenvalue weighted by Crippen LogP contribution is 2.21. The average molecular weight is 423 g/mol. The van der Waals surface area contributed by atoms with Gasteiger partial charge in [-0.25, -0.2) is 8.42 Å². The molecule has 1 aliphatic carbocycles. The van der Waals surface area contributed by atoms with Gasteiger partial charge in [0.1, 0.15) is 0 Å². The summed E-state index contributed by atoms with van der Waals surface area (Å²) in [4.78, 5) is 28.0. The molecular formula is C20H30N4O4S. The Balaban J connectivity index is 1.50. The van der Waals surface area contributed by atoms with Gasteiger partial charge in [-0.2, -0.15) is 4.31 Å². The van der Waals surface area contributed by atoms with Crippen molar-refractivity contribution in [2.24, 2.45) is 0 Å². The molecule has 0 atom stereocenters. The second-order valence-corrected chi connectivity index (χ2v) is 9.98. The number of carbonyl (C=O) groups excluding carboxylic acids is 2. The summed E-state index contributed by atoms with van der Waals surface area (Å²) in [5.74, 6) is -0.151. The summed E-state index contributed by atoms with van der Waals surface area (Å²) in [6, 6.07) is 5.46. The number of sulfonamides is 1. The summed E-state index contributed by atoms with van der Waals surface area (Å²) in [5, 5.41) is 2.90. The maximum absolute atomic E-state index is 12.9. The highest BCUT2D eigenvalue weighted by Gasteiger charge is 2.31. The average Bonchev–Trinajstić information content (AvgIpc) is 3.47.